The summed E-state index contributed by atoms with van der Waals surface area (Å²) in [6.07, 6.45) is 1.09. The van der Waals surface area contributed by atoms with Crippen molar-refractivity contribution in [1.29, 1.82) is 0 Å². The molecule has 0 bridgehead atoms. The predicted molar refractivity (Wildman–Crippen MR) is 81.8 cm³/mol. The van der Waals surface area contributed by atoms with Crippen LogP contribution in [0.15, 0.2) is 12.1 Å². The average Bonchev–Trinajstić information content (AvgIpc) is 2.88. The van der Waals surface area contributed by atoms with Crippen molar-refractivity contribution in [3.05, 3.63) is 21.3 Å². The van der Waals surface area contributed by atoms with Gasteiger partial charge in [-0.1, -0.05) is 11.6 Å². The van der Waals surface area contributed by atoms with Crippen LogP contribution in [0.5, 0.6) is 0 Å². The van der Waals surface area contributed by atoms with Crippen LogP contribution >= 0.6 is 22.9 Å². The molecule has 116 valence electrons. The lowest BCUT2D eigenvalue weighted by atomic mass is 10.2. The van der Waals surface area contributed by atoms with Crippen LogP contribution in [0.4, 0.5) is 0 Å². The van der Waals surface area contributed by atoms with E-state index in [4.69, 9.17) is 16.3 Å². The monoisotopic (exact) mass is 331 g/mol. The van der Waals surface area contributed by atoms with Gasteiger partial charge < -0.3 is 10.1 Å². The molecule has 1 rings (SSSR count). The lowest BCUT2D eigenvalue weighted by Crippen LogP contribution is -2.25. The molecule has 0 aliphatic heterocycles. The SMILES string of the molecule is CCOC(=O)CCCNC(=O)CCC(=O)c1ccc(Cl)s1. The van der Waals surface area contributed by atoms with Crippen LogP contribution in [-0.4, -0.2) is 30.8 Å². The van der Waals surface area contributed by atoms with Crippen LogP contribution in [0, 0.1) is 0 Å². The van der Waals surface area contributed by atoms with E-state index in [9.17, 15) is 14.4 Å². The Morgan fingerprint density at radius 2 is 2.00 bits per heavy atom. The summed E-state index contributed by atoms with van der Waals surface area (Å²) in [4.78, 5) is 35.0. The van der Waals surface area contributed by atoms with Gasteiger partial charge in [-0.15, -0.1) is 11.3 Å². The maximum atomic E-state index is 11.8. The first-order valence-electron chi connectivity index (χ1n) is 6.73. The number of carbonyl (C=O) groups excluding carboxylic acids is 3. The Morgan fingerprint density at radius 1 is 1.24 bits per heavy atom. The molecular weight excluding hydrogens is 314 g/mol. The molecule has 0 saturated heterocycles. The maximum absolute atomic E-state index is 11.8. The van der Waals surface area contributed by atoms with E-state index >= 15 is 0 Å². The van der Waals surface area contributed by atoms with Crippen LogP contribution in [0.25, 0.3) is 0 Å². The highest BCUT2D eigenvalue weighted by Gasteiger charge is 2.11. The van der Waals surface area contributed by atoms with Gasteiger partial charge in [0.15, 0.2) is 5.78 Å². The standard InChI is InChI=1S/C14H18ClNO4S/c1-2-20-14(19)4-3-9-16-13(18)8-5-10(17)11-6-7-12(15)21-11/h6-7H,2-5,8-9H2,1H3,(H,16,18). The van der Waals surface area contributed by atoms with E-state index in [1.165, 1.54) is 11.3 Å². The van der Waals surface area contributed by atoms with Gasteiger partial charge in [-0.2, -0.15) is 0 Å². The summed E-state index contributed by atoms with van der Waals surface area (Å²) in [5.74, 6) is -0.556. The molecule has 1 aromatic rings. The van der Waals surface area contributed by atoms with Gasteiger partial charge in [-0.3, -0.25) is 14.4 Å². The summed E-state index contributed by atoms with van der Waals surface area (Å²) in [6, 6.07) is 3.32. The smallest absolute Gasteiger partial charge is 0.305 e. The number of ketones is 1. The molecule has 0 radical (unpaired) electrons. The summed E-state index contributed by atoms with van der Waals surface area (Å²) < 4.78 is 5.33. The highest BCUT2D eigenvalue weighted by atomic mass is 35.5. The van der Waals surface area contributed by atoms with Crippen LogP contribution in [0.1, 0.15) is 42.3 Å². The second-order valence-corrected chi connectivity index (χ2v) is 6.00. The lowest BCUT2D eigenvalue weighted by molar-refractivity contribution is -0.143. The van der Waals surface area contributed by atoms with Gasteiger partial charge in [0.1, 0.15) is 0 Å². The molecule has 1 N–H and O–H groups in total. The van der Waals surface area contributed by atoms with Gasteiger partial charge >= 0.3 is 5.97 Å². The minimum atomic E-state index is -0.267. The van der Waals surface area contributed by atoms with Crippen molar-refractivity contribution in [2.24, 2.45) is 0 Å². The van der Waals surface area contributed by atoms with Crippen molar-refractivity contribution < 1.29 is 19.1 Å². The molecule has 5 nitrogen and oxygen atoms in total. The van der Waals surface area contributed by atoms with Crippen molar-refractivity contribution in [1.82, 2.24) is 5.32 Å². The zero-order valence-electron chi connectivity index (χ0n) is 11.8. The Balaban J connectivity index is 2.14. The van der Waals surface area contributed by atoms with Gasteiger partial charge in [0.05, 0.1) is 15.8 Å². The number of esters is 1. The fourth-order valence-electron chi connectivity index (χ4n) is 1.60. The van der Waals surface area contributed by atoms with Crippen LogP contribution in [0.3, 0.4) is 0 Å². The molecule has 1 aromatic heterocycles. The quantitative estimate of drug-likeness (QED) is 0.429. The van der Waals surface area contributed by atoms with E-state index in [0.717, 1.165) is 0 Å². The number of nitrogens with one attached hydrogen (secondary N) is 1. The maximum Gasteiger partial charge on any atom is 0.305 e. The third-order valence-corrected chi connectivity index (χ3v) is 3.88. The number of amides is 1. The molecule has 1 heterocycles. The molecule has 0 aliphatic carbocycles. The highest BCUT2D eigenvalue weighted by Crippen LogP contribution is 2.22. The Labute approximate surface area is 132 Å². The molecule has 0 spiro atoms. The lowest BCUT2D eigenvalue weighted by Gasteiger charge is -2.04. The van der Waals surface area contributed by atoms with E-state index in [2.05, 4.69) is 5.32 Å². The number of thiophene rings is 1. The zero-order chi connectivity index (χ0) is 15.7. The Kier molecular flexibility index (Phi) is 8.00. The third-order valence-electron chi connectivity index (χ3n) is 2.61. The number of halogens is 1. The second-order valence-electron chi connectivity index (χ2n) is 4.29. The molecule has 0 aromatic carbocycles. The van der Waals surface area contributed by atoms with Crippen molar-refractivity contribution in [3.63, 3.8) is 0 Å². The molecule has 0 aliphatic rings. The second kappa shape index (κ2) is 9.52. The first-order chi connectivity index (χ1) is 10.0. The zero-order valence-corrected chi connectivity index (χ0v) is 13.4. The average molecular weight is 332 g/mol. The van der Waals surface area contributed by atoms with Gasteiger partial charge in [-0.25, -0.2) is 0 Å². The van der Waals surface area contributed by atoms with Crippen molar-refractivity contribution in [3.8, 4) is 0 Å². The summed E-state index contributed by atoms with van der Waals surface area (Å²) >= 11 is 6.96. The van der Waals surface area contributed by atoms with Crippen molar-refractivity contribution in [2.45, 2.75) is 32.6 Å². The number of hydrogen-bond donors (Lipinski definition) is 1. The molecule has 0 unspecified atom stereocenters. The van der Waals surface area contributed by atoms with E-state index in [0.29, 0.717) is 28.8 Å². The van der Waals surface area contributed by atoms with Crippen molar-refractivity contribution in [2.75, 3.05) is 13.2 Å². The number of Topliss-reactive ketones (excluding diaryl/α,β-unsaturated/α-hetero) is 1. The number of rotatable bonds is 9. The van der Waals surface area contributed by atoms with Gasteiger partial charge in [0, 0.05) is 25.8 Å². The topological polar surface area (TPSA) is 72.5 Å². The normalized spacial score (nSPS) is 10.2. The van der Waals surface area contributed by atoms with E-state index in [1.54, 1.807) is 19.1 Å². The molecular formula is C14H18ClNO4S. The molecule has 0 saturated carbocycles. The summed E-state index contributed by atoms with van der Waals surface area (Å²) in [7, 11) is 0. The number of carbonyl (C=O) groups is 3. The number of ether oxygens (including phenoxy) is 1. The van der Waals surface area contributed by atoms with E-state index < -0.39 is 0 Å². The molecule has 21 heavy (non-hydrogen) atoms. The predicted octanol–water partition coefficient (Wildman–Crippen LogP) is 2.82. The molecule has 0 fully saturated rings. The van der Waals surface area contributed by atoms with E-state index in [1.807, 2.05) is 0 Å². The summed E-state index contributed by atoms with van der Waals surface area (Å²) in [6.45, 7) is 2.51. The van der Waals surface area contributed by atoms with Gasteiger partial charge in [0.25, 0.3) is 0 Å². The van der Waals surface area contributed by atoms with Crippen LogP contribution in [-0.2, 0) is 14.3 Å². The minimum Gasteiger partial charge on any atom is -0.466 e. The first kappa shape index (κ1) is 17.7. The Morgan fingerprint density at radius 3 is 2.62 bits per heavy atom. The fourth-order valence-corrected chi connectivity index (χ4v) is 2.61. The molecule has 0 atom stereocenters. The molecule has 1 amide bonds. The van der Waals surface area contributed by atoms with Crippen LogP contribution < -0.4 is 5.32 Å². The van der Waals surface area contributed by atoms with Gasteiger partial charge in [-0.05, 0) is 25.5 Å². The third kappa shape index (κ3) is 7.24. The minimum absolute atomic E-state index is 0.0893. The number of hydrogen-bond acceptors (Lipinski definition) is 5. The fraction of sp³-hybridized carbons (Fsp3) is 0.500. The van der Waals surface area contributed by atoms with E-state index in [-0.39, 0.29) is 36.9 Å². The summed E-state index contributed by atoms with van der Waals surface area (Å²) in [5.41, 5.74) is 0. The van der Waals surface area contributed by atoms with Crippen molar-refractivity contribution >= 4 is 40.6 Å². The van der Waals surface area contributed by atoms with Gasteiger partial charge in [0.2, 0.25) is 5.91 Å². The largest absolute Gasteiger partial charge is 0.466 e. The molecule has 7 heteroatoms. The Hall–Kier alpha value is -1.40. The van der Waals surface area contributed by atoms with Crippen LogP contribution in [0.2, 0.25) is 4.34 Å². The first-order valence-corrected chi connectivity index (χ1v) is 7.93. The summed E-state index contributed by atoms with van der Waals surface area (Å²) in [5, 5.41) is 2.67. The highest BCUT2D eigenvalue weighted by molar-refractivity contribution is 7.18. The Bertz CT molecular complexity index is 501.